The Morgan fingerprint density at radius 2 is 1.71 bits per heavy atom. The minimum Gasteiger partial charge on any atom is -0.497 e. The number of hydrazone groups is 1. The van der Waals surface area contributed by atoms with Gasteiger partial charge in [0.05, 0.1) is 18.9 Å². The van der Waals surface area contributed by atoms with Crippen molar-refractivity contribution in [3.05, 3.63) is 101 Å². The Hall–Kier alpha value is -3.93. The number of amides is 2. The zero-order chi connectivity index (χ0) is 24.2. The average molecular weight is 456 g/mol. The van der Waals surface area contributed by atoms with Gasteiger partial charge in [-0.05, 0) is 66.4 Å². The number of nitrogens with zero attached hydrogens (tertiary/aromatic N) is 3. The van der Waals surface area contributed by atoms with Crippen molar-refractivity contribution in [2.75, 3.05) is 20.7 Å². The number of hydrogen-bond donors (Lipinski definition) is 0. The molecule has 3 aromatic carbocycles. The lowest BCUT2D eigenvalue weighted by Crippen LogP contribution is -2.39. The van der Waals surface area contributed by atoms with Crippen molar-refractivity contribution >= 4 is 17.5 Å². The lowest BCUT2D eigenvalue weighted by molar-refractivity contribution is -0.133. The minimum absolute atomic E-state index is 0.0715. The molecule has 2 amide bonds. The monoisotopic (exact) mass is 455 g/mol. The van der Waals surface area contributed by atoms with Gasteiger partial charge in [-0.15, -0.1) is 0 Å². The number of carbonyl (C=O) groups excluding carboxylic acids is 2. The van der Waals surface area contributed by atoms with E-state index in [9.17, 15) is 9.59 Å². The van der Waals surface area contributed by atoms with Crippen molar-refractivity contribution in [2.45, 2.75) is 26.3 Å². The number of benzene rings is 3. The zero-order valence-electron chi connectivity index (χ0n) is 20.0. The van der Waals surface area contributed by atoms with Crippen molar-refractivity contribution in [3.8, 4) is 5.75 Å². The quantitative estimate of drug-likeness (QED) is 0.538. The molecule has 0 aliphatic carbocycles. The fraction of sp³-hybridized carbons (Fsp3) is 0.250. The first-order valence-electron chi connectivity index (χ1n) is 11.3. The van der Waals surface area contributed by atoms with Gasteiger partial charge in [0.25, 0.3) is 11.8 Å². The number of likely N-dealkylation sites (N-methyl/N-ethyl adjacent to an activating group) is 1. The van der Waals surface area contributed by atoms with Crippen LogP contribution in [-0.2, 0) is 4.79 Å². The Morgan fingerprint density at radius 1 is 1.00 bits per heavy atom. The third-order valence-corrected chi connectivity index (χ3v) is 6.25. The van der Waals surface area contributed by atoms with Gasteiger partial charge in [0.1, 0.15) is 12.3 Å². The van der Waals surface area contributed by atoms with E-state index in [1.807, 2.05) is 30.3 Å². The average Bonchev–Trinajstić information content (AvgIpc) is 3.31. The first kappa shape index (κ1) is 23.2. The van der Waals surface area contributed by atoms with Crippen LogP contribution in [-0.4, -0.2) is 48.1 Å². The van der Waals surface area contributed by atoms with E-state index < -0.39 is 0 Å². The number of rotatable bonds is 6. The van der Waals surface area contributed by atoms with E-state index in [1.165, 1.54) is 21.0 Å². The van der Waals surface area contributed by atoms with Gasteiger partial charge in [0.15, 0.2) is 0 Å². The van der Waals surface area contributed by atoms with Crippen molar-refractivity contribution < 1.29 is 14.3 Å². The molecule has 3 aromatic rings. The van der Waals surface area contributed by atoms with Crippen LogP contribution in [0.2, 0.25) is 0 Å². The van der Waals surface area contributed by atoms with Gasteiger partial charge in [-0.1, -0.05) is 42.5 Å². The molecule has 0 aromatic heterocycles. The van der Waals surface area contributed by atoms with Gasteiger partial charge < -0.3 is 9.64 Å². The smallest absolute Gasteiger partial charge is 0.262 e. The highest BCUT2D eigenvalue weighted by atomic mass is 16.5. The summed E-state index contributed by atoms with van der Waals surface area (Å²) in [7, 11) is 3.21. The number of methoxy groups -OCH3 is 1. The van der Waals surface area contributed by atoms with Crippen LogP contribution >= 0.6 is 0 Å². The third kappa shape index (κ3) is 4.86. The van der Waals surface area contributed by atoms with E-state index in [4.69, 9.17) is 9.84 Å². The number of hydrogen-bond acceptors (Lipinski definition) is 4. The number of aryl methyl sites for hydroxylation is 2. The van der Waals surface area contributed by atoms with Crippen molar-refractivity contribution in [1.29, 1.82) is 0 Å². The van der Waals surface area contributed by atoms with Gasteiger partial charge in [0, 0.05) is 19.0 Å². The van der Waals surface area contributed by atoms with Crippen LogP contribution in [0.3, 0.4) is 0 Å². The molecule has 34 heavy (non-hydrogen) atoms. The summed E-state index contributed by atoms with van der Waals surface area (Å²) in [6.07, 6.45) is 0.619. The van der Waals surface area contributed by atoms with Gasteiger partial charge in [-0.2, -0.15) is 5.10 Å². The van der Waals surface area contributed by atoms with Gasteiger partial charge in [0.2, 0.25) is 0 Å². The lowest BCUT2D eigenvalue weighted by atomic mass is 9.96. The topological polar surface area (TPSA) is 62.2 Å². The van der Waals surface area contributed by atoms with Crippen molar-refractivity contribution in [3.63, 3.8) is 0 Å². The molecule has 6 nitrogen and oxygen atoms in total. The van der Waals surface area contributed by atoms with Crippen LogP contribution in [0, 0.1) is 13.8 Å². The molecule has 6 heteroatoms. The maximum absolute atomic E-state index is 13.4. The first-order chi connectivity index (χ1) is 16.4. The second-order valence-electron chi connectivity index (χ2n) is 8.60. The van der Waals surface area contributed by atoms with Crippen LogP contribution in [0.5, 0.6) is 5.75 Å². The molecule has 1 atom stereocenters. The summed E-state index contributed by atoms with van der Waals surface area (Å²) in [6, 6.07) is 22.8. The zero-order valence-corrected chi connectivity index (χ0v) is 20.0. The van der Waals surface area contributed by atoms with Gasteiger partial charge in [-0.25, -0.2) is 5.01 Å². The lowest BCUT2D eigenvalue weighted by Gasteiger charge is -2.25. The van der Waals surface area contributed by atoms with Crippen LogP contribution in [0.4, 0.5) is 0 Å². The molecule has 174 valence electrons. The Bertz CT molecular complexity index is 1220. The van der Waals surface area contributed by atoms with Crippen molar-refractivity contribution in [1.82, 2.24) is 9.91 Å². The molecule has 0 N–H and O–H groups in total. The van der Waals surface area contributed by atoms with E-state index in [0.29, 0.717) is 17.7 Å². The fourth-order valence-corrected chi connectivity index (χ4v) is 4.07. The highest BCUT2D eigenvalue weighted by molar-refractivity contribution is 6.04. The van der Waals surface area contributed by atoms with E-state index in [2.05, 4.69) is 32.0 Å². The largest absolute Gasteiger partial charge is 0.497 e. The Kier molecular flexibility index (Phi) is 6.77. The second-order valence-corrected chi connectivity index (χ2v) is 8.60. The normalized spacial score (nSPS) is 15.1. The highest BCUT2D eigenvalue weighted by Crippen LogP contribution is 2.33. The SMILES string of the molecule is COc1ccc(C(=O)N(C)CC(=O)N2N=C(c3ccc(C)c(C)c3)CC2c2ccccc2)cc1. The third-order valence-electron chi connectivity index (χ3n) is 6.25. The molecule has 4 rings (SSSR count). The minimum atomic E-state index is -0.232. The standard InChI is InChI=1S/C28H29N3O3/c1-19-10-11-23(16-20(19)2)25-17-26(21-8-6-5-7-9-21)31(29-25)27(32)18-30(3)28(33)22-12-14-24(34-4)15-13-22/h5-16,26H,17-18H2,1-4H3. The molecule has 0 spiro atoms. The summed E-state index contributed by atoms with van der Waals surface area (Å²) < 4.78 is 5.16. The summed E-state index contributed by atoms with van der Waals surface area (Å²) >= 11 is 0. The molecule has 1 aliphatic heterocycles. The summed E-state index contributed by atoms with van der Waals surface area (Å²) in [5.41, 5.74) is 5.80. The Morgan fingerprint density at radius 3 is 2.35 bits per heavy atom. The summed E-state index contributed by atoms with van der Waals surface area (Å²) in [5.74, 6) is 0.216. The molecule has 1 heterocycles. The van der Waals surface area contributed by atoms with E-state index in [1.54, 1.807) is 38.4 Å². The summed E-state index contributed by atoms with van der Waals surface area (Å²) in [5, 5.41) is 6.28. The predicted octanol–water partition coefficient (Wildman–Crippen LogP) is 4.76. The summed E-state index contributed by atoms with van der Waals surface area (Å²) in [6.45, 7) is 4.08. The van der Waals surface area contributed by atoms with Crippen LogP contribution in [0.25, 0.3) is 0 Å². The van der Waals surface area contributed by atoms with E-state index in [-0.39, 0.29) is 24.4 Å². The molecule has 0 fully saturated rings. The fourth-order valence-electron chi connectivity index (χ4n) is 4.07. The van der Waals surface area contributed by atoms with Crippen LogP contribution < -0.4 is 4.74 Å². The molecule has 0 saturated heterocycles. The molecule has 1 aliphatic rings. The maximum Gasteiger partial charge on any atom is 0.262 e. The summed E-state index contributed by atoms with van der Waals surface area (Å²) in [4.78, 5) is 27.7. The van der Waals surface area contributed by atoms with Gasteiger partial charge in [-0.3, -0.25) is 9.59 Å². The Labute approximate surface area is 200 Å². The Balaban J connectivity index is 1.57. The molecule has 0 radical (unpaired) electrons. The maximum atomic E-state index is 13.4. The molecular formula is C28H29N3O3. The first-order valence-corrected chi connectivity index (χ1v) is 11.3. The second kappa shape index (κ2) is 9.91. The van der Waals surface area contributed by atoms with Crippen LogP contribution in [0.15, 0.2) is 77.9 Å². The van der Waals surface area contributed by atoms with E-state index in [0.717, 1.165) is 16.8 Å². The number of ether oxygens (including phenoxy) is 1. The number of carbonyl (C=O) groups is 2. The molecule has 1 unspecified atom stereocenters. The highest BCUT2D eigenvalue weighted by Gasteiger charge is 2.34. The predicted molar refractivity (Wildman–Crippen MR) is 133 cm³/mol. The van der Waals surface area contributed by atoms with Crippen LogP contribution in [0.1, 0.15) is 45.1 Å². The van der Waals surface area contributed by atoms with E-state index >= 15 is 0 Å². The van der Waals surface area contributed by atoms with Gasteiger partial charge >= 0.3 is 0 Å². The molecular weight excluding hydrogens is 426 g/mol. The molecule has 0 bridgehead atoms. The molecule has 0 saturated carbocycles. The van der Waals surface area contributed by atoms with Crippen molar-refractivity contribution in [2.24, 2.45) is 5.10 Å².